The average molecular weight is 414 g/mol. The number of halogens is 1. The lowest BCUT2D eigenvalue weighted by Gasteiger charge is -2.19. The molecule has 4 rings (SSSR count). The van der Waals surface area contributed by atoms with Crippen molar-refractivity contribution in [3.05, 3.63) is 41.6 Å². The predicted octanol–water partition coefficient (Wildman–Crippen LogP) is 2.97. The Balaban J connectivity index is 1.55. The molecule has 29 heavy (non-hydrogen) atoms. The number of nitrogens with zero attached hydrogens (tertiary/aromatic N) is 5. The van der Waals surface area contributed by atoms with Crippen LogP contribution in [0.25, 0.3) is 22.4 Å². The first kappa shape index (κ1) is 19.7. The Kier molecular flexibility index (Phi) is 5.43. The first-order valence-electron chi connectivity index (χ1n) is 9.58. The molecule has 0 aliphatic carbocycles. The van der Waals surface area contributed by atoms with Crippen LogP contribution in [0.2, 0.25) is 5.02 Å². The number of benzene rings is 1. The molecule has 1 fully saturated rings. The number of amides is 1. The molecule has 1 aromatic carbocycles. The highest BCUT2D eigenvalue weighted by Gasteiger charge is 2.26. The van der Waals surface area contributed by atoms with E-state index in [4.69, 9.17) is 21.3 Å². The number of aromatic nitrogens is 3. The number of hydrogen-bond acceptors (Lipinski definition) is 5. The molecule has 2 aromatic heterocycles. The third-order valence-corrected chi connectivity index (χ3v) is 5.58. The fraction of sp³-hybridized carbons (Fsp3) is 0.381. The predicted molar refractivity (Wildman–Crippen MR) is 114 cm³/mol. The Bertz CT molecular complexity index is 1050. The summed E-state index contributed by atoms with van der Waals surface area (Å²) in [4.78, 5) is 24.7. The summed E-state index contributed by atoms with van der Waals surface area (Å²) in [7, 11) is 5.45. The first-order valence-corrected chi connectivity index (χ1v) is 9.96. The zero-order valence-electron chi connectivity index (χ0n) is 16.8. The number of aryl methyl sites for hydroxylation is 1. The van der Waals surface area contributed by atoms with Gasteiger partial charge in [0.05, 0.1) is 22.2 Å². The average Bonchev–Trinajstić information content (AvgIpc) is 3.32. The first-order chi connectivity index (χ1) is 13.9. The summed E-state index contributed by atoms with van der Waals surface area (Å²) in [5.74, 6) is 1.61. The van der Waals surface area contributed by atoms with Gasteiger partial charge in [0.15, 0.2) is 0 Å². The van der Waals surface area contributed by atoms with Gasteiger partial charge in [0.25, 0.3) is 0 Å². The SMILES string of the molecule is CN(C)C(=O)CO[C@H]1CCN(c2cc(-c3nc4ccccc4n3C)c(Cl)cn2)C1. The van der Waals surface area contributed by atoms with E-state index >= 15 is 0 Å². The van der Waals surface area contributed by atoms with Crippen LogP contribution in [-0.2, 0) is 16.6 Å². The molecule has 7 nitrogen and oxygen atoms in total. The number of carbonyl (C=O) groups excluding carboxylic acids is 1. The molecule has 3 heterocycles. The van der Waals surface area contributed by atoms with Crippen LogP contribution in [0, 0.1) is 0 Å². The summed E-state index contributed by atoms with van der Waals surface area (Å²) in [6, 6.07) is 9.99. The number of imidazole rings is 1. The quantitative estimate of drug-likeness (QED) is 0.643. The highest BCUT2D eigenvalue weighted by atomic mass is 35.5. The van der Waals surface area contributed by atoms with E-state index in [0.717, 1.165) is 41.2 Å². The number of pyridine rings is 1. The van der Waals surface area contributed by atoms with Gasteiger partial charge >= 0.3 is 0 Å². The van der Waals surface area contributed by atoms with Crippen LogP contribution in [-0.4, -0.2) is 65.2 Å². The minimum atomic E-state index is -0.0304. The molecule has 0 unspecified atom stereocenters. The van der Waals surface area contributed by atoms with E-state index in [9.17, 15) is 4.79 Å². The van der Waals surface area contributed by atoms with Crippen LogP contribution in [0.5, 0.6) is 0 Å². The van der Waals surface area contributed by atoms with Crippen LogP contribution in [0.1, 0.15) is 6.42 Å². The molecule has 1 aliphatic rings. The Morgan fingerprint density at radius 3 is 2.90 bits per heavy atom. The van der Waals surface area contributed by atoms with Crippen molar-refractivity contribution in [2.24, 2.45) is 7.05 Å². The summed E-state index contributed by atoms with van der Waals surface area (Å²) in [6.07, 6.45) is 2.54. The molecule has 3 aromatic rings. The van der Waals surface area contributed by atoms with E-state index in [2.05, 4.69) is 9.88 Å². The van der Waals surface area contributed by atoms with Crippen molar-refractivity contribution in [2.75, 3.05) is 38.7 Å². The molecule has 1 saturated heterocycles. The normalized spacial score (nSPS) is 16.6. The number of anilines is 1. The molecule has 0 saturated carbocycles. The van der Waals surface area contributed by atoms with Crippen molar-refractivity contribution < 1.29 is 9.53 Å². The van der Waals surface area contributed by atoms with Gasteiger partial charge in [-0.3, -0.25) is 4.79 Å². The number of likely N-dealkylation sites (N-methyl/N-ethyl adjacent to an activating group) is 1. The molecular weight excluding hydrogens is 390 g/mol. The van der Waals surface area contributed by atoms with Crippen molar-refractivity contribution in [2.45, 2.75) is 12.5 Å². The topological polar surface area (TPSA) is 63.5 Å². The molecule has 0 radical (unpaired) electrons. The monoisotopic (exact) mass is 413 g/mol. The van der Waals surface area contributed by atoms with Crippen LogP contribution in [0.15, 0.2) is 36.5 Å². The summed E-state index contributed by atoms with van der Waals surface area (Å²) in [6.45, 7) is 1.61. The van der Waals surface area contributed by atoms with Crippen molar-refractivity contribution in [1.82, 2.24) is 19.4 Å². The van der Waals surface area contributed by atoms with Crippen LogP contribution >= 0.6 is 11.6 Å². The van der Waals surface area contributed by atoms with E-state index in [-0.39, 0.29) is 18.6 Å². The zero-order chi connectivity index (χ0) is 20.5. The number of para-hydroxylation sites is 2. The van der Waals surface area contributed by atoms with Crippen molar-refractivity contribution >= 4 is 34.4 Å². The van der Waals surface area contributed by atoms with Gasteiger partial charge in [0.1, 0.15) is 18.2 Å². The molecule has 1 amide bonds. The van der Waals surface area contributed by atoms with Crippen LogP contribution < -0.4 is 4.90 Å². The summed E-state index contributed by atoms with van der Waals surface area (Å²) in [5.41, 5.74) is 2.83. The summed E-state index contributed by atoms with van der Waals surface area (Å²) < 4.78 is 7.82. The van der Waals surface area contributed by atoms with Gasteiger partial charge in [-0.25, -0.2) is 9.97 Å². The second kappa shape index (κ2) is 8.00. The van der Waals surface area contributed by atoms with Gasteiger partial charge in [-0.2, -0.15) is 0 Å². The van der Waals surface area contributed by atoms with Gasteiger partial charge in [-0.1, -0.05) is 23.7 Å². The van der Waals surface area contributed by atoms with E-state index in [1.54, 1.807) is 20.3 Å². The lowest BCUT2D eigenvalue weighted by Crippen LogP contribution is -2.30. The molecule has 0 N–H and O–H groups in total. The minimum Gasteiger partial charge on any atom is -0.366 e. The molecule has 0 bridgehead atoms. The number of ether oxygens (including phenoxy) is 1. The second-order valence-electron chi connectivity index (χ2n) is 7.46. The van der Waals surface area contributed by atoms with E-state index < -0.39 is 0 Å². The molecule has 1 atom stereocenters. The van der Waals surface area contributed by atoms with Crippen molar-refractivity contribution in [3.8, 4) is 11.4 Å². The maximum atomic E-state index is 11.7. The number of rotatable bonds is 5. The van der Waals surface area contributed by atoms with Gasteiger partial charge in [0.2, 0.25) is 5.91 Å². The highest BCUT2D eigenvalue weighted by Crippen LogP contribution is 2.32. The van der Waals surface area contributed by atoms with Crippen molar-refractivity contribution in [3.63, 3.8) is 0 Å². The Morgan fingerprint density at radius 1 is 1.34 bits per heavy atom. The maximum absolute atomic E-state index is 11.7. The highest BCUT2D eigenvalue weighted by molar-refractivity contribution is 6.33. The lowest BCUT2D eigenvalue weighted by atomic mass is 10.2. The molecule has 8 heteroatoms. The third kappa shape index (κ3) is 3.93. The molecular formula is C21H24ClN5O2. The van der Waals surface area contributed by atoms with Gasteiger partial charge < -0.3 is 19.1 Å². The Morgan fingerprint density at radius 2 is 2.14 bits per heavy atom. The Labute approximate surface area is 174 Å². The fourth-order valence-electron chi connectivity index (χ4n) is 3.55. The summed E-state index contributed by atoms with van der Waals surface area (Å²) in [5, 5.41) is 0.565. The van der Waals surface area contributed by atoms with Gasteiger partial charge in [-0.15, -0.1) is 0 Å². The largest absolute Gasteiger partial charge is 0.366 e. The van der Waals surface area contributed by atoms with Gasteiger partial charge in [-0.05, 0) is 24.6 Å². The standard InChI is InChI=1S/C21H24ClN5O2/c1-25(2)20(28)13-29-14-8-9-27(12-14)19-10-15(16(22)11-23-19)21-24-17-6-4-5-7-18(17)26(21)3/h4-7,10-11,14H,8-9,12-13H2,1-3H3/t14-/m0/s1. The number of carbonyl (C=O) groups is 1. The van der Waals surface area contributed by atoms with E-state index in [1.165, 1.54) is 4.90 Å². The smallest absolute Gasteiger partial charge is 0.248 e. The van der Waals surface area contributed by atoms with Crippen molar-refractivity contribution in [1.29, 1.82) is 0 Å². The maximum Gasteiger partial charge on any atom is 0.248 e. The zero-order valence-corrected chi connectivity index (χ0v) is 17.6. The second-order valence-corrected chi connectivity index (χ2v) is 7.87. The summed E-state index contributed by atoms with van der Waals surface area (Å²) >= 11 is 6.48. The third-order valence-electron chi connectivity index (χ3n) is 5.28. The van der Waals surface area contributed by atoms with Crippen LogP contribution in [0.4, 0.5) is 5.82 Å². The van der Waals surface area contributed by atoms with Crippen LogP contribution in [0.3, 0.4) is 0 Å². The fourth-order valence-corrected chi connectivity index (χ4v) is 3.74. The number of hydrogen-bond donors (Lipinski definition) is 0. The lowest BCUT2D eigenvalue weighted by molar-refractivity contribution is -0.135. The van der Waals surface area contributed by atoms with Gasteiger partial charge in [0, 0.05) is 46.0 Å². The molecule has 152 valence electrons. The molecule has 1 aliphatic heterocycles. The molecule has 0 spiro atoms. The van der Waals surface area contributed by atoms with E-state index in [0.29, 0.717) is 11.6 Å². The Hall–Kier alpha value is -2.64. The van der Waals surface area contributed by atoms with E-state index in [1.807, 2.05) is 41.9 Å². The minimum absolute atomic E-state index is 0.00979. The number of fused-ring (bicyclic) bond motifs is 1.